The quantitative estimate of drug-likeness (QED) is 0.719. The van der Waals surface area contributed by atoms with E-state index in [-0.39, 0.29) is 17.9 Å². The lowest BCUT2D eigenvalue weighted by molar-refractivity contribution is -0.127. The van der Waals surface area contributed by atoms with E-state index in [1.807, 2.05) is 24.3 Å². The van der Waals surface area contributed by atoms with E-state index in [4.69, 9.17) is 4.74 Å². The predicted octanol–water partition coefficient (Wildman–Crippen LogP) is 3.55. The first kappa shape index (κ1) is 19.9. The summed E-state index contributed by atoms with van der Waals surface area (Å²) in [6, 6.07) is 11.1. The fourth-order valence-electron chi connectivity index (χ4n) is 3.70. The molecule has 2 aromatic rings. The lowest BCUT2D eigenvalue weighted by Gasteiger charge is -2.32. The molecule has 1 fully saturated rings. The summed E-state index contributed by atoms with van der Waals surface area (Å²) in [6.07, 6.45) is 1.80. The van der Waals surface area contributed by atoms with E-state index in [9.17, 15) is 13.2 Å². The van der Waals surface area contributed by atoms with Crippen molar-refractivity contribution in [2.45, 2.75) is 29.5 Å². The van der Waals surface area contributed by atoms with Crippen molar-refractivity contribution in [1.82, 2.24) is 9.62 Å². The van der Waals surface area contributed by atoms with E-state index in [1.54, 1.807) is 12.1 Å². The Bertz CT molecular complexity index is 968. The van der Waals surface area contributed by atoms with Gasteiger partial charge in [0.05, 0.1) is 16.4 Å². The molecule has 1 N–H and O–H groups in total. The smallest absolute Gasteiger partial charge is 0.252 e. The summed E-state index contributed by atoms with van der Waals surface area (Å²) in [4.78, 5) is 12.8. The summed E-state index contributed by atoms with van der Waals surface area (Å²) in [7, 11) is -3.48. The van der Waals surface area contributed by atoms with Gasteiger partial charge in [0.2, 0.25) is 5.91 Å². The molecule has 150 valence electrons. The first-order valence-electron chi connectivity index (χ1n) is 9.23. The molecule has 28 heavy (non-hydrogen) atoms. The third-order valence-electron chi connectivity index (χ3n) is 5.24. The largest absolute Gasteiger partial charge is 0.493 e. The Kier molecular flexibility index (Phi) is 5.78. The van der Waals surface area contributed by atoms with Gasteiger partial charge in [0.15, 0.2) is 0 Å². The Balaban J connectivity index is 1.37. The number of benzene rings is 1. The molecule has 0 aliphatic carbocycles. The Morgan fingerprint density at radius 1 is 1.14 bits per heavy atom. The fourth-order valence-corrected chi connectivity index (χ4v) is 7.34. The van der Waals surface area contributed by atoms with Crippen LogP contribution in [-0.4, -0.2) is 38.3 Å². The van der Waals surface area contributed by atoms with E-state index < -0.39 is 10.0 Å². The zero-order valence-electron chi connectivity index (χ0n) is 15.1. The van der Waals surface area contributed by atoms with Crippen molar-refractivity contribution >= 4 is 43.2 Å². The second-order valence-electron chi connectivity index (χ2n) is 6.97. The molecule has 3 heterocycles. The molecule has 0 spiro atoms. The molecule has 2 aliphatic rings. The minimum Gasteiger partial charge on any atom is -0.493 e. The molecule has 0 radical (unpaired) electrons. The maximum absolute atomic E-state index is 12.8. The van der Waals surface area contributed by atoms with Crippen LogP contribution in [0.1, 0.15) is 30.9 Å². The van der Waals surface area contributed by atoms with Crippen molar-refractivity contribution in [2.24, 2.45) is 5.92 Å². The lowest BCUT2D eigenvalue weighted by atomic mass is 9.95. The summed E-state index contributed by atoms with van der Waals surface area (Å²) < 4.78 is 33.7. The van der Waals surface area contributed by atoms with Crippen molar-refractivity contribution in [3.8, 4) is 5.75 Å². The van der Waals surface area contributed by atoms with Crippen LogP contribution in [0, 0.1) is 5.92 Å². The molecule has 0 bridgehead atoms. The molecule has 1 amide bonds. The van der Waals surface area contributed by atoms with Crippen LogP contribution in [0.15, 0.2) is 44.4 Å². The molecule has 0 saturated carbocycles. The van der Waals surface area contributed by atoms with E-state index in [1.165, 1.54) is 15.6 Å². The highest BCUT2D eigenvalue weighted by Crippen LogP contribution is 2.33. The zero-order valence-corrected chi connectivity index (χ0v) is 18.4. The second kappa shape index (κ2) is 8.14. The highest BCUT2D eigenvalue weighted by atomic mass is 79.9. The van der Waals surface area contributed by atoms with Crippen LogP contribution in [0.3, 0.4) is 0 Å². The van der Waals surface area contributed by atoms with E-state index in [2.05, 4.69) is 21.2 Å². The number of carbonyl (C=O) groups excluding carboxylic acids is 1. The maximum atomic E-state index is 12.8. The zero-order chi connectivity index (χ0) is 19.7. The maximum Gasteiger partial charge on any atom is 0.252 e. The van der Waals surface area contributed by atoms with E-state index in [0.717, 1.165) is 21.5 Å². The van der Waals surface area contributed by atoms with Crippen molar-refractivity contribution < 1.29 is 17.9 Å². The molecule has 1 atom stereocenters. The summed E-state index contributed by atoms with van der Waals surface area (Å²) in [5, 5.41) is 3.14. The van der Waals surface area contributed by atoms with Crippen molar-refractivity contribution in [3.63, 3.8) is 0 Å². The van der Waals surface area contributed by atoms with Crippen LogP contribution >= 0.6 is 27.3 Å². The van der Waals surface area contributed by atoms with Crippen LogP contribution in [0.5, 0.6) is 5.75 Å². The molecule has 6 nitrogen and oxygen atoms in total. The number of rotatable bonds is 4. The third kappa shape index (κ3) is 3.98. The van der Waals surface area contributed by atoms with Gasteiger partial charge in [0.25, 0.3) is 10.0 Å². The van der Waals surface area contributed by atoms with Gasteiger partial charge in [-0.1, -0.05) is 18.2 Å². The molecule has 1 saturated heterocycles. The number of hydrogen-bond donors (Lipinski definition) is 1. The SMILES string of the molecule is O=C(NC1CCOc2ccccc21)C1CCN(S(=O)(=O)c2ccc(Br)s2)CC1. The number of nitrogens with zero attached hydrogens (tertiary/aromatic N) is 1. The Morgan fingerprint density at radius 2 is 1.89 bits per heavy atom. The number of para-hydroxylation sites is 1. The van der Waals surface area contributed by atoms with E-state index in [0.29, 0.717) is 36.7 Å². The monoisotopic (exact) mass is 484 g/mol. The number of ether oxygens (including phenoxy) is 1. The van der Waals surface area contributed by atoms with Gasteiger partial charge in [-0.25, -0.2) is 8.42 Å². The first-order valence-corrected chi connectivity index (χ1v) is 12.3. The topological polar surface area (TPSA) is 75.7 Å². The number of piperidine rings is 1. The van der Waals surface area contributed by atoms with Gasteiger partial charge in [-0.2, -0.15) is 4.31 Å². The number of thiophene rings is 1. The molecule has 2 aliphatic heterocycles. The van der Waals surface area contributed by atoms with Crippen molar-refractivity contribution in [3.05, 3.63) is 45.7 Å². The Hall–Kier alpha value is -1.42. The highest BCUT2D eigenvalue weighted by molar-refractivity contribution is 9.11. The van der Waals surface area contributed by atoms with Gasteiger partial charge in [-0.3, -0.25) is 4.79 Å². The summed E-state index contributed by atoms with van der Waals surface area (Å²) in [6.45, 7) is 1.30. The molecular formula is C19H21BrN2O4S2. The minimum absolute atomic E-state index is 0.00220. The Labute approximate surface area is 177 Å². The summed E-state index contributed by atoms with van der Waals surface area (Å²) in [5.41, 5.74) is 1.00. The van der Waals surface area contributed by atoms with Gasteiger partial charge in [-0.05, 0) is 47.0 Å². The van der Waals surface area contributed by atoms with Gasteiger partial charge >= 0.3 is 0 Å². The number of carbonyl (C=O) groups is 1. The predicted molar refractivity (Wildman–Crippen MR) is 111 cm³/mol. The molecule has 4 rings (SSSR count). The van der Waals surface area contributed by atoms with E-state index >= 15 is 0 Å². The van der Waals surface area contributed by atoms with Gasteiger partial charge in [0.1, 0.15) is 9.96 Å². The number of halogens is 1. The molecule has 1 aromatic carbocycles. The van der Waals surface area contributed by atoms with Gasteiger partial charge < -0.3 is 10.1 Å². The Morgan fingerprint density at radius 3 is 2.61 bits per heavy atom. The molecule has 1 aromatic heterocycles. The molecule has 1 unspecified atom stereocenters. The van der Waals surface area contributed by atoms with Gasteiger partial charge in [0, 0.05) is 31.0 Å². The molecule has 9 heteroatoms. The third-order valence-corrected chi connectivity index (χ3v) is 9.23. The van der Waals surface area contributed by atoms with Crippen LogP contribution < -0.4 is 10.1 Å². The number of fused-ring (bicyclic) bond motifs is 1. The summed E-state index contributed by atoms with van der Waals surface area (Å²) >= 11 is 4.52. The van der Waals surface area contributed by atoms with Crippen molar-refractivity contribution in [1.29, 1.82) is 0 Å². The first-order chi connectivity index (χ1) is 13.4. The molecular weight excluding hydrogens is 464 g/mol. The lowest BCUT2D eigenvalue weighted by Crippen LogP contribution is -2.44. The standard InChI is InChI=1S/C19H21BrN2O4S2/c20-17-5-6-18(27-17)28(24,25)22-10-7-13(8-11-22)19(23)21-15-9-12-26-16-4-2-1-3-14(15)16/h1-6,13,15H,7-12H2,(H,21,23). The highest BCUT2D eigenvalue weighted by Gasteiger charge is 2.34. The van der Waals surface area contributed by atoms with Gasteiger partial charge in [-0.15, -0.1) is 11.3 Å². The number of hydrogen-bond acceptors (Lipinski definition) is 5. The van der Waals surface area contributed by atoms with Crippen LogP contribution in [0.4, 0.5) is 0 Å². The summed E-state index contributed by atoms with van der Waals surface area (Å²) in [5.74, 6) is 0.649. The minimum atomic E-state index is -3.48. The number of sulfonamides is 1. The fraction of sp³-hybridized carbons (Fsp3) is 0.421. The average Bonchev–Trinajstić information content (AvgIpc) is 3.15. The second-order valence-corrected chi connectivity index (χ2v) is 11.6. The normalized spacial score (nSPS) is 21.0. The average molecular weight is 485 g/mol. The van der Waals surface area contributed by atoms with Crippen LogP contribution in [-0.2, 0) is 14.8 Å². The van der Waals surface area contributed by atoms with Crippen molar-refractivity contribution in [2.75, 3.05) is 19.7 Å². The number of amides is 1. The van der Waals surface area contributed by atoms with Crippen LogP contribution in [0.25, 0.3) is 0 Å². The van der Waals surface area contributed by atoms with Crippen LogP contribution in [0.2, 0.25) is 0 Å². The number of nitrogens with one attached hydrogen (secondary N) is 1.